The van der Waals surface area contributed by atoms with Crippen molar-refractivity contribution in [1.29, 1.82) is 0 Å². The molecule has 3 aliphatic carbocycles. The first-order valence-corrected chi connectivity index (χ1v) is 26.0. The van der Waals surface area contributed by atoms with Crippen molar-refractivity contribution in [2.45, 2.75) is 126 Å². The molecule has 8 unspecified atom stereocenters. The number of guanidine groups is 1. The second-order valence-electron chi connectivity index (χ2n) is 20.5. The molecule has 0 aromatic heterocycles. The van der Waals surface area contributed by atoms with Gasteiger partial charge in [-0.15, -0.1) is 0 Å². The van der Waals surface area contributed by atoms with Crippen molar-refractivity contribution in [1.82, 2.24) is 5.32 Å². The molecule has 1 saturated carbocycles. The molecular weight excluding hydrogens is 1010 g/mol. The number of phenols is 1. The number of ether oxygens (including phenoxy) is 4. The summed E-state index contributed by atoms with van der Waals surface area (Å²) >= 11 is 0. The average molecular weight is 1070 g/mol. The van der Waals surface area contributed by atoms with Crippen LogP contribution in [-0.4, -0.2) is 135 Å². The van der Waals surface area contributed by atoms with E-state index in [0.29, 0.717) is 43.2 Å². The molecular formula is C58H67N5O15. The maximum Gasteiger partial charge on any atom is 0.308 e. The first-order valence-electron chi connectivity index (χ1n) is 26.0. The van der Waals surface area contributed by atoms with Gasteiger partial charge in [0.25, 0.3) is 0 Å². The Morgan fingerprint density at radius 2 is 1.74 bits per heavy atom. The largest absolute Gasteiger partial charge is 0.507 e. The minimum absolute atomic E-state index is 0.0545. The molecule has 4 bridgehead atoms. The number of hydrogen-bond acceptors (Lipinski definition) is 18. The SMILES string of the molecule is CNCC1CCCC(O)(c2cccc(Cc3c(O)c4c5c(c3OC3OC(C)C(O)C(O)(O)C3OCCN=C(N)N)CC#CC(N)CCC(O)Cc3cccc(c3)C=Cc3c(OC(C)=O)cc(CO)c(c3C5=O)C4=O)c2C=O)C1. The maximum atomic E-state index is 15.9. The molecule has 4 aromatic rings. The van der Waals surface area contributed by atoms with Gasteiger partial charge in [0.1, 0.15) is 23.4 Å². The van der Waals surface area contributed by atoms with Crippen molar-refractivity contribution in [2.75, 3.05) is 26.7 Å². The van der Waals surface area contributed by atoms with E-state index in [9.17, 15) is 45.3 Å². The molecule has 414 valence electrons. The predicted octanol–water partition coefficient (Wildman–Crippen LogP) is 2.15. The molecule has 0 amide bonds. The van der Waals surface area contributed by atoms with Crippen molar-refractivity contribution in [3.63, 3.8) is 0 Å². The summed E-state index contributed by atoms with van der Waals surface area (Å²) in [5.41, 5.74) is 16.0. The third-order valence-corrected chi connectivity index (χ3v) is 14.9. The van der Waals surface area contributed by atoms with E-state index in [4.69, 9.17) is 36.1 Å². The van der Waals surface area contributed by atoms with Gasteiger partial charge in [-0.2, -0.15) is 0 Å². The van der Waals surface area contributed by atoms with Crippen LogP contribution in [0.2, 0.25) is 0 Å². The van der Waals surface area contributed by atoms with E-state index in [0.717, 1.165) is 18.9 Å². The van der Waals surface area contributed by atoms with Crippen LogP contribution in [0.25, 0.3) is 12.2 Å². The van der Waals surface area contributed by atoms with Crippen LogP contribution in [-0.2, 0) is 45.7 Å². The number of carbonyl (C=O) groups is 4. The molecule has 0 radical (unpaired) electrons. The Morgan fingerprint density at radius 3 is 2.46 bits per heavy atom. The number of rotatable bonds is 14. The number of phenolic OH excluding ortho intramolecular Hbond substituents is 1. The van der Waals surface area contributed by atoms with Crippen LogP contribution < -0.4 is 32.0 Å². The summed E-state index contributed by atoms with van der Waals surface area (Å²) in [6, 6.07) is 12.5. The number of fused-ring (bicyclic) bond motifs is 2. The Balaban J connectivity index is 1.43. The maximum absolute atomic E-state index is 15.9. The number of aliphatic imine (C=N–C) groups is 1. The lowest BCUT2D eigenvalue weighted by molar-refractivity contribution is -0.378. The lowest BCUT2D eigenvalue weighted by atomic mass is 9.72. The van der Waals surface area contributed by atoms with Gasteiger partial charge < -0.3 is 77.2 Å². The highest BCUT2D eigenvalue weighted by Crippen LogP contribution is 2.49. The molecule has 4 aliphatic rings. The van der Waals surface area contributed by atoms with Crippen molar-refractivity contribution in [3.05, 3.63) is 121 Å². The number of ketones is 2. The van der Waals surface area contributed by atoms with Crippen molar-refractivity contribution in [3.8, 4) is 29.1 Å². The fraction of sp³-hybridized carbons (Fsp3) is 0.431. The van der Waals surface area contributed by atoms with Gasteiger partial charge >= 0.3 is 5.97 Å². The molecule has 8 atom stereocenters. The van der Waals surface area contributed by atoms with E-state index in [2.05, 4.69) is 22.2 Å². The van der Waals surface area contributed by atoms with Gasteiger partial charge in [-0.25, -0.2) is 0 Å². The Bertz CT molecular complexity index is 3100. The molecule has 1 heterocycles. The molecule has 20 nitrogen and oxygen atoms in total. The van der Waals surface area contributed by atoms with E-state index >= 15 is 9.59 Å². The number of hydrogen-bond donors (Lipinski definition) is 11. The zero-order valence-electron chi connectivity index (χ0n) is 43.7. The predicted molar refractivity (Wildman–Crippen MR) is 285 cm³/mol. The molecule has 78 heavy (non-hydrogen) atoms. The number of esters is 1. The summed E-state index contributed by atoms with van der Waals surface area (Å²) in [4.78, 5) is 61.7. The highest BCUT2D eigenvalue weighted by molar-refractivity contribution is 6.32. The minimum Gasteiger partial charge on any atom is -0.507 e. The van der Waals surface area contributed by atoms with Crippen LogP contribution in [0.1, 0.15) is 139 Å². The van der Waals surface area contributed by atoms with Gasteiger partial charge in [-0.1, -0.05) is 60.4 Å². The number of aliphatic hydroxyl groups excluding tert-OH is 3. The van der Waals surface area contributed by atoms with Crippen molar-refractivity contribution in [2.24, 2.45) is 28.1 Å². The third kappa shape index (κ3) is 11.8. The second kappa shape index (κ2) is 24.0. The highest BCUT2D eigenvalue weighted by Gasteiger charge is 2.56. The zero-order chi connectivity index (χ0) is 56.2. The van der Waals surface area contributed by atoms with Gasteiger partial charge in [0, 0.05) is 58.7 Å². The van der Waals surface area contributed by atoms with Gasteiger partial charge in [-0.3, -0.25) is 24.2 Å². The molecule has 2 fully saturated rings. The van der Waals surface area contributed by atoms with E-state index in [1.807, 2.05) is 19.2 Å². The molecule has 1 saturated heterocycles. The molecule has 4 aromatic carbocycles. The van der Waals surface area contributed by atoms with Crippen molar-refractivity contribution >= 4 is 41.9 Å². The van der Waals surface area contributed by atoms with Crippen LogP contribution >= 0.6 is 0 Å². The lowest BCUT2D eigenvalue weighted by Crippen LogP contribution is -2.67. The number of nitrogens with zero attached hydrogens (tertiary/aromatic N) is 1. The number of aromatic hydroxyl groups is 1. The molecule has 14 N–H and O–H groups in total. The summed E-state index contributed by atoms with van der Waals surface area (Å²) in [7, 11) is 1.82. The average Bonchev–Trinajstić information content (AvgIpc) is 3.41. The molecule has 0 spiro atoms. The van der Waals surface area contributed by atoms with Gasteiger partial charge in [0.15, 0.2) is 29.9 Å². The van der Waals surface area contributed by atoms with Gasteiger partial charge in [0.2, 0.25) is 12.1 Å². The molecule has 1 aliphatic heterocycles. The molecule has 20 heteroatoms. The third-order valence-electron chi connectivity index (χ3n) is 14.9. The number of benzene rings is 4. The van der Waals surface area contributed by atoms with Crippen LogP contribution in [0, 0.1) is 17.8 Å². The van der Waals surface area contributed by atoms with Crippen molar-refractivity contribution < 1.29 is 73.9 Å². The number of carbonyl (C=O) groups excluding carboxylic acids is 4. The number of nitrogens with one attached hydrogen (secondary N) is 1. The quantitative estimate of drug-likeness (QED) is 0.0111. The Hall–Kier alpha value is -6.87. The summed E-state index contributed by atoms with van der Waals surface area (Å²) in [6.45, 7) is 1.65. The summed E-state index contributed by atoms with van der Waals surface area (Å²) in [5, 5.41) is 85.0. The second-order valence-corrected chi connectivity index (χ2v) is 20.5. The fourth-order valence-electron chi connectivity index (χ4n) is 11.3. The highest BCUT2D eigenvalue weighted by atomic mass is 16.7. The first kappa shape index (κ1) is 57.3. The Kier molecular flexibility index (Phi) is 17.6. The van der Waals surface area contributed by atoms with Crippen LogP contribution in [0.15, 0.2) is 53.5 Å². The standard InChI is InChI=1S/C58H67N5O15/c1-30-53(71)58(73,74)54(75-21-20-63-56(60)61)55(76-30)78-52-40-13-6-12-37(59)16-17-38(67)23-33-9-4-8-32(22-33)15-18-39-44(77-31(2)66)25-36(28-64)45-46(39)51(70)47(40)48(50(45)69)49(68)41(52)24-35-11-5-14-43(42(35)29-65)57(72)19-7-10-34(26-57)27-62-3/h4-5,8-9,11,14-15,18,22,25,29-30,34,37-38,53-55,62,64,67-68,71-74H,7,10,13,16-17,19-21,23-24,26-28,59H2,1-3H3,(H4,60,61,63). The van der Waals surface area contributed by atoms with E-state index < -0.39 is 114 Å². The molecule has 8 rings (SSSR count). The normalized spacial score (nSPS) is 24.7. The lowest BCUT2D eigenvalue weighted by Gasteiger charge is -2.46. The Labute approximate surface area is 450 Å². The first-order chi connectivity index (χ1) is 37.2. The zero-order valence-corrected chi connectivity index (χ0v) is 43.7. The fourth-order valence-corrected chi connectivity index (χ4v) is 11.3. The number of aliphatic hydroxyl groups is 6. The smallest absolute Gasteiger partial charge is 0.308 e. The van der Waals surface area contributed by atoms with Crippen LogP contribution in [0.3, 0.4) is 0 Å². The van der Waals surface area contributed by atoms with Crippen LogP contribution in [0.5, 0.6) is 17.2 Å². The van der Waals surface area contributed by atoms with E-state index in [1.165, 1.54) is 19.1 Å². The summed E-state index contributed by atoms with van der Waals surface area (Å²) in [6.07, 6.45) is -2.49. The summed E-state index contributed by atoms with van der Waals surface area (Å²) < 4.78 is 24.5. The topological polar surface area (TPSA) is 349 Å². The van der Waals surface area contributed by atoms with E-state index in [-0.39, 0.29) is 87.9 Å². The van der Waals surface area contributed by atoms with Gasteiger partial charge in [0.05, 0.1) is 49.2 Å². The summed E-state index contributed by atoms with van der Waals surface area (Å²) in [5.74, 6) is -1.43. The number of nitrogens with two attached hydrogens (primary N) is 3. The number of aldehydes is 1. The monoisotopic (exact) mass is 1070 g/mol. The van der Waals surface area contributed by atoms with E-state index in [1.54, 1.807) is 36.4 Å². The minimum atomic E-state index is -3.12. The van der Waals surface area contributed by atoms with Gasteiger partial charge in [-0.05, 0) is 111 Å². The van der Waals surface area contributed by atoms with Crippen LogP contribution in [0.4, 0.5) is 0 Å². The Morgan fingerprint density at radius 1 is 0.987 bits per heavy atom.